The fourth-order valence-corrected chi connectivity index (χ4v) is 10.6. The van der Waals surface area contributed by atoms with Gasteiger partial charge in [-0.3, -0.25) is 0 Å². The molecule has 0 fully saturated rings. The average molecular weight is 843 g/mol. The van der Waals surface area contributed by atoms with Crippen molar-refractivity contribution in [1.82, 2.24) is 19.9 Å². The van der Waals surface area contributed by atoms with Gasteiger partial charge in [-0.15, -0.1) is 0 Å². The van der Waals surface area contributed by atoms with Crippen molar-refractivity contribution in [3.63, 3.8) is 0 Å². The highest BCUT2D eigenvalue weighted by Crippen LogP contribution is 2.49. The molecule has 0 saturated carbocycles. The summed E-state index contributed by atoms with van der Waals surface area (Å²) in [5.74, 6) is 1.07. The maximum Gasteiger partial charge on any atom is 0.207 e. The lowest BCUT2D eigenvalue weighted by molar-refractivity contribution is 0.596. The predicted molar refractivity (Wildman–Crippen MR) is 254 cm³/mol. The minimum Gasteiger partial charge on any atom is -0.456 e. The summed E-state index contributed by atoms with van der Waals surface area (Å²) in [5, 5.41) is 1.55. The van der Waals surface area contributed by atoms with E-state index >= 15 is 8.42 Å². The maximum absolute atomic E-state index is 15.6. The Hall–Kier alpha value is -8.33. The van der Waals surface area contributed by atoms with E-state index in [0.29, 0.717) is 56.1 Å². The summed E-state index contributed by atoms with van der Waals surface area (Å²) in [7, 11) is -4.20. The van der Waals surface area contributed by atoms with E-state index in [1.54, 1.807) is 30.6 Å². The SMILES string of the molecule is O=S1(=O)c2ccccc2-c2ccccc2-c2ccccc2-c2ccc(-c3nc(-c4ccccc4)cc(-c4cnc(-c5ccccc5)nc4)n3)cc2-c2cc3oc4ccccc4c3cc21. The van der Waals surface area contributed by atoms with E-state index in [4.69, 9.17) is 24.4 Å². The van der Waals surface area contributed by atoms with Gasteiger partial charge >= 0.3 is 0 Å². The van der Waals surface area contributed by atoms with Crippen LogP contribution >= 0.6 is 0 Å². The van der Waals surface area contributed by atoms with Crippen molar-refractivity contribution in [2.24, 2.45) is 0 Å². The molecule has 0 atom stereocenters. The molecule has 0 N–H and O–H groups in total. The van der Waals surface area contributed by atoms with Crippen molar-refractivity contribution in [1.29, 1.82) is 0 Å². The molecule has 0 amide bonds. The second-order valence-corrected chi connectivity index (χ2v) is 17.7. The van der Waals surface area contributed by atoms with Gasteiger partial charge in [0.1, 0.15) is 11.2 Å². The number of fused-ring (bicyclic) bond motifs is 12. The third kappa shape index (κ3) is 6.22. The summed E-state index contributed by atoms with van der Waals surface area (Å²) in [5.41, 5.74) is 12.2. The first-order chi connectivity index (χ1) is 31.5. The average Bonchev–Trinajstić information content (AvgIpc) is 3.73. The van der Waals surface area contributed by atoms with Gasteiger partial charge in [0.15, 0.2) is 11.6 Å². The normalized spacial score (nSPS) is 12.6. The van der Waals surface area contributed by atoms with Crippen LogP contribution in [0.25, 0.3) is 112 Å². The van der Waals surface area contributed by atoms with Gasteiger partial charge in [0.2, 0.25) is 9.84 Å². The van der Waals surface area contributed by atoms with E-state index in [1.807, 2.05) is 152 Å². The van der Waals surface area contributed by atoms with Crippen molar-refractivity contribution < 1.29 is 12.8 Å². The minimum absolute atomic E-state index is 0.171. The summed E-state index contributed by atoms with van der Waals surface area (Å²) in [6.45, 7) is 0. The number of sulfone groups is 1. The first-order valence-corrected chi connectivity index (χ1v) is 22.4. The van der Waals surface area contributed by atoms with E-state index in [2.05, 4.69) is 24.3 Å². The number of aromatic nitrogens is 4. The van der Waals surface area contributed by atoms with Gasteiger partial charge < -0.3 is 4.42 Å². The molecule has 0 radical (unpaired) electrons. The van der Waals surface area contributed by atoms with Crippen LogP contribution in [0, 0.1) is 0 Å². The van der Waals surface area contributed by atoms with Crippen molar-refractivity contribution in [2.45, 2.75) is 9.79 Å². The monoisotopic (exact) mass is 842 g/mol. The van der Waals surface area contributed by atoms with Crippen LogP contribution in [-0.2, 0) is 9.84 Å². The number of para-hydroxylation sites is 1. The van der Waals surface area contributed by atoms with E-state index < -0.39 is 9.84 Å². The zero-order chi connectivity index (χ0) is 42.8. The smallest absolute Gasteiger partial charge is 0.207 e. The summed E-state index contributed by atoms with van der Waals surface area (Å²) in [6.07, 6.45) is 3.58. The largest absolute Gasteiger partial charge is 0.456 e. The molecule has 8 heteroatoms. The molecule has 4 heterocycles. The molecule has 64 heavy (non-hydrogen) atoms. The molecule has 11 aromatic rings. The van der Waals surface area contributed by atoms with Crippen molar-refractivity contribution in [3.05, 3.63) is 207 Å². The Kier molecular flexibility index (Phi) is 8.74. The molecule has 0 bridgehead atoms. The highest BCUT2D eigenvalue weighted by Gasteiger charge is 2.31. The lowest BCUT2D eigenvalue weighted by Crippen LogP contribution is -2.06. The molecule has 1 aliphatic rings. The van der Waals surface area contributed by atoms with Crippen LogP contribution in [0.5, 0.6) is 0 Å². The van der Waals surface area contributed by atoms with Crippen LogP contribution in [0.1, 0.15) is 0 Å². The molecule has 0 saturated heterocycles. The number of hydrogen-bond donors (Lipinski definition) is 0. The second-order valence-electron chi connectivity index (χ2n) is 15.8. The van der Waals surface area contributed by atoms with Crippen LogP contribution in [0.3, 0.4) is 0 Å². The fraction of sp³-hybridized carbons (Fsp3) is 0. The van der Waals surface area contributed by atoms with Gasteiger partial charge in [-0.05, 0) is 69.8 Å². The number of furan rings is 1. The van der Waals surface area contributed by atoms with Gasteiger partial charge in [0.25, 0.3) is 0 Å². The number of benzene rings is 8. The van der Waals surface area contributed by atoms with Crippen LogP contribution in [-0.4, -0.2) is 28.4 Å². The molecule has 12 rings (SSSR count). The van der Waals surface area contributed by atoms with E-state index in [-0.39, 0.29) is 9.79 Å². The summed E-state index contributed by atoms with van der Waals surface area (Å²) >= 11 is 0. The summed E-state index contributed by atoms with van der Waals surface area (Å²) in [4.78, 5) is 20.2. The molecule has 302 valence electrons. The quantitative estimate of drug-likeness (QED) is 0.174. The Morgan fingerprint density at radius 2 is 0.891 bits per heavy atom. The molecule has 0 unspecified atom stereocenters. The van der Waals surface area contributed by atoms with Crippen molar-refractivity contribution in [2.75, 3.05) is 0 Å². The number of hydrogen-bond acceptors (Lipinski definition) is 7. The van der Waals surface area contributed by atoms with Gasteiger partial charge in [-0.2, -0.15) is 0 Å². The number of rotatable bonds is 4. The molecular formula is C56H34N4O3S. The van der Waals surface area contributed by atoms with Gasteiger partial charge in [0, 0.05) is 56.5 Å². The second kappa shape index (κ2) is 14.9. The van der Waals surface area contributed by atoms with Gasteiger partial charge in [-0.1, -0.05) is 158 Å². The third-order valence-electron chi connectivity index (χ3n) is 12.0. The molecule has 0 spiro atoms. The Labute approximate surface area is 369 Å². The van der Waals surface area contributed by atoms with E-state index in [9.17, 15) is 0 Å². The zero-order valence-corrected chi connectivity index (χ0v) is 34.9. The first kappa shape index (κ1) is 37.4. The predicted octanol–water partition coefficient (Wildman–Crippen LogP) is 13.6. The van der Waals surface area contributed by atoms with Gasteiger partial charge in [0.05, 0.1) is 21.2 Å². The molecule has 8 aromatic carbocycles. The topological polar surface area (TPSA) is 98.8 Å². The van der Waals surface area contributed by atoms with Gasteiger partial charge in [-0.25, -0.2) is 28.4 Å². The summed E-state index contributed by atoms with van der Waals surface area (Å²) in [6, 6.07) is 62.9. The van der Waals surface area contributed by atoms with Crippen molar-refractivity contribution >= 4 is 31.8 Å². The highest BCUT2D eigenvalue weighted by atomic mass is 32.2. The third-order valence-corrected chi connectivity index (χ3v) is 13.9. The Morgan fingerprint density at radius 1 is 0.344 bits per heavy atom. The fourth-order valence-electron chi connectivity index (χ4n) is 8.95. The van der Waals surface area contributed by atoms with E-state index in [0.717, 1.165) is 55.6 Å². The van der Waals surface area contributed by atoms with E-state index in [1.165, 1.54) is 0 Å². The number of nitrogens with zero attached hydrogens (tertiary/aromatic N) is 4. The van der Waals surface area contributed by atoms with Crippen LogP contribution in [0.2, 0.25) is 0 Å². The Morgan fingerprint density at radius 3 is 1.58 bits per heavy atom. The highest BCUT2D eigenvalue weighted by molar-refractivity contribution is 7.91. The van der Waals surface area contributed by atoms with Crippen LogP contribution in [0.15, 0.2) is 221 Å². The Balaban J connectivity index is 1.15. The van der Waals surface area contributed by atoms with Crippen LogP contribution < -0.4 is 0 Å². The lowest BCUT2D eigenvalue weighted by atomic mass is 9.86. The minimum atomic E-state index is -4.20. The summed E-state index contributed by atoms with van der Waals surface area (Å²) < 4.78 is 37.8. The molecule has 0 aliphatic carbocycles. The molecule has 7 nitrogen and oxygen atoms in total. The zero-order valence-electron chi connectivity index (χ0n) is 34.1. The van der Waals surface area contributed by atoms with Crippen molar-refractivity contribution in [3.8, 4) is 89.8 Å². The molecule has 1 aliphatic heterocycles. The lowest BCUT2D eigenvalue weighted by Gasteiger charge is -2.18. The maximum atomic E-state index is 15.6. The van der Waals surface area contributed by atoms with Crippen LogP contribution in [0.4, 0.5) is 0 Å². The standard InChI is InChI=1S/C56H34N4O3S/c61-64(62)53-26-14-12-24-45(53)42-22-10-9-20-40(42)39-19-7-8-21-41(39)43-28-27-37(29-46(43)48-30-52-47(31-54(48)64)44-23-11-13-25-51(44)63-52)56-59-49(35-15-3-1-4-16-35)32-50(60-56)38-33-57-55(58-34-38)36-17-5-2-6-18-36/h1-34H. The first-order valence-electron chi connectivity index (χ1n) is 20.9. The molecular weight excluding hydrogens is 809 g/mol. The molecule has 3 aromatic heterocycles. The Bertz CT molecular complexity index is 3740.